The summed E-state index contributed by atoms with van der Waals surface area (Å²) >= 11 is 7.42. The molecule has 0 radical (unpaired) electrons. The summed E-state index contributed by atoms with van der Waals surface area (Å²) < 4.78 is 20.0. The van der Waals surface area contributed by atoms with Gasteiger partial charge in [0.25, 0.3) is 5.56 Å². The fraction of sp³-hybridized carbons (Fsp3) is 0.105. The number of rotatable bonds is 5. The standard InChI is InChI=1S/C19H13ClFN3O2S/c20-12-1-6-17-16(7-12)19(25)24(11-22-17)8-14-10-27-18(23-14)9-26-15-4-2-13(21)3-5-15/h1-7,10-11H,8-9H2. The van der Waals surface area contributed by atoms with Crippen molar-refractivity contribution in [3.63, 3.8) is 0 Å². The lowest BCUT2D eigenvalue weighted by Crippen LogP contribution is -2.21. The zero-order valence-electron chi connectivity index (χ0n) is 13.9. The number of aromatic nitrogens is 3. The van der Waals surface area contributed by atoms with E-state index in [2.05, 4.69) is 9.97 Å². The van der Waals surface area contributed by atoms with E-state index < -0.39 is 0 Å². The van der Waals surface area contributed by atoms with Gasteiger partial charge in [0, 0.05) is 10.4 Å². The summed E-state index contributed by atoms with van der Waals surface area (Å²) in [6.45, 7) is 0.581. The predicted octanol–water partition coefficient (Wildman–Crippen LogP) is 4.27. The van der Waals surface area contributed by atoms with E-state index in [0.717, 1.165) is 10.7 Å². The highest BCUT2D eigenvalue weighted by molar-refractivity contribution is 7.09. The van der Waals surface area contributed by atoms with Gasteiger partial charge in [0.05, 0.1) is 29.5 Å². The average Bonchev–Trinajstić information content (AvgIpc) is 3.11. The number of hydrogen-bond acceptors (Lipinski definition) is 5. The van der Waals surface area contributed by atoms with Crippen LogP contribution in [0.4, 0.5) is 4.39 Å². The minimum atomic E-state index is -0.311. The van der Waals surface area contributed by atoms with Crippen LogP contribution in [0.15, 0.2) is 59.0 Å². The van der Waals surface area contributed by atoms with E-state index in [4.69, 9.17) is 16.3 Å². The maximum absolute atomic E-state index is 12.9. The smallest absolute Gasteiger partial charge is 0.261 e. The molecule has 0 aliphatic rings. The van der Waals surface area contributed by atoms with Gasteiger partial charge in [-0.1, -0.05) is 11.6 Å². The first kappa shape index (κ1) is 17.6. The van der Waals surface area contributed by atoms with Gasteiger partial charge in [0.1, 0.15) is 23.2 Å². The molecule has 2 aromatic carbocycles. The van der Waals surface area contributed by atoms with Crippen molar-refractivity contribution in [2.45, 2.75) is 13.2 Å². The molecule has 0 bridgehead atoms. The highest BCUT2D eigenvalue weighted by atomic mass is 35.5. The predicted molar refractivity (Wildman–Crippen MR) is 103 cm³/mol. The Bertz CT molecular complexity index is 1160. The van der Waals surface area contributed by atoms with Gasteiger partial charge >= 0.3 is 0 Å². The quantitative estimate of drug-likeness (QED) is 0.501. The Morgan fingerprint density at radius 3 is 2.81 bits per heavy atom. The van der Waals surface area contributed by atoms with E-state index in [0.29, 0.717) is 28.2 Å². The van der Waals surface area contributed by atoms with Crippen molar-refractivity contribution in [1.29, 1.82) is 0 Å². The maximum Gasteiger partial charge on any atom is 0.261 e. The normalized spacial score (nSPS) is 11.0. The highest BCUT2D eigenvalue weighted by Gasteiger charge is 2.08. The van der Waals surface area contributed by atoms with Gasteiger partial charge in [-0.2, -0.15) is 0 Å². The number of halogens is 2. The molecule has 0 aliphatic carbocycles. The molecule has 0 saturated carbocycles. The minimum absolute atomic E-state index is 0.167. The van der Waals surface area contributed by atoms with Crippen LogP contribution in [0, 0.1) is 5.82 Å². The minimum Gasteiger partial charge on any atom is -0.486 e. The molecule has 2 heterocycles. The van der Waals surface area contributed by atoms with E-state index in [-0.39, 0.29) is 18.0 Å². The summed E-state index contributed by atoms with van der Waals surface area (Å²) in [4.78, 5) is 21.4. The fourth-order valence-corrected chi connectivity index (χ4v) is 3.45. The van der Waals surface area contributed by atoms with Crippen LogP contribution in [-0.4, -0.2) is 14.5 Å². The van der Waals surface area contributed by atoms with Crippen LogP contribution >= 0.6 is 22.9 Å². The van der Waals surface area contributed by atoms with E-state index in [9.17, 15) is 9.18 Å². The van der Waals surface area contributed by atoms with Crippen molar-refractivity contribution in [2.24, 2.45) is 0 Å². The number of hydrogen-bond donors (Lipinski definition) is 0. The van der Waals surface area contributed by atoms with Gasteiger partial charge < -0.3 is 4.74 Å². The summed E-state index contributed by atoms with van der Waals surface area (Å²) in [5.74, 6) is 0.259. The third kappa shape index (κ3) is 3.99. The first-order valence-electron chi connectivity index (χ1n) is 8.05. The Kier molecular flexibility index (Phi) is 4.87. The van der Waals surface area contributed by atoms with E-state index in [1.807, 2.05) is 5.38 Å². The van der Waals surface area contributed by atoms with E-state index in [1.165, 1.54) is 34.4 Å². The van der Waals surface area contributed by atoms with Gasteiger partial charge in [0.2, 0.25) is 0 Å². The second kappa shape index (κ2) is 7.46. The van der Waals surface area contributed by atoms with Crippen LogP contribution in [0.3, 0.4) is 0 Å². The molecule has 0 unspecified atom stereocenters. The van der Waals surface area contributed by atoms with Gasteiger partial charge in [-0.25, -0.2) is 14.4 Å². The summed E-state index contributed by atoms with van der Waals surface area (Å²) in [6.07, 6.45) is 1.51. The molecule has 136 valence electrons. The second-order valence-electron chi connectivity index (χ2n) is 5.81. The van der Waals surface area contributed by atoms with Crippen molar-refractivity contribution in [2.75, 3.05) is 0 Å². The van der Waals surface area contributed by atoms with Crippen LogP contribution in [0.5, 0.6) is 5.75 Å². The Balaban J connectivity index is 1.49. The van der Waals surface area contributed by atoms with Crippen molar-refractivity contribution in [3.05, 3.63) is 86.1 Å². The van der Waals surface area contributed by atoms with Crippen molar-refractivity contribution in [3.8, 4) is 5.75 Å². The highest BCUT2D eigenvalue weighted by Crippen LogP contribution is 2.17. The van der Waals surface area contributed by atoms with Gasteiger partial charge in [-0.05, 0) is 42.5 Å². The summed E-state index contributed by atoms with van der Waals surface area (Å²) in [7, 11) is 0. The van der Waals surface area contributed by atoms with Crippen molar-refractivity contribution in [1.82, 2.24) is 14.5 Å². The van der Waals surface area contributed by atoms with Crippen LogP contribution in [0.1, 0.15) is 10.7 Å². The molecule has 4 aromatic rings. The van der Waals surface area contributed by atoms with Gasteiger partial charge in [-0.15, -0.1) is 11.3 Å². The SMILES string of the molecule is O=c1c2cc(Cl)ccc2ncn1Cc1csc(COc2ccc(F)cc2)n1. The topological polar surface area (TPSA) is 57.0 Å². The number of ether oxygens (including phenoxy) is 1. The van der Waals surface area contributed by atoms with E-state index in [1.54, 1.807) is 30.3 Å². The molecule has 0 spiro atoms. The zero-order chi connectivity index (χ0) is 18.8. The molecule has 8 heteroatoms. The Hall–Kier alpha value is -2.77. The van der Waals surface area contributed by atoms with Crippen molar-refractivity contribution < 1.29 is 9.13 Å². The first-order valence-corrected chi connectivity index (χ1v) is 9.30. The number of thiazole rings is 1. The molecular formula is C19H13ClFN3O2S. The Labute approximate surface area is 162 Å². The first-order chi connectivity index (χ1) is 13.1. The molecular weight excluding hydrogens is 389 g/mol. The average molecular weight is 402 g/mol. The van der Waals surface area contributed by atoms with Crippen molar-refractivity contribution >= 4 is 33.8 Å². The van der Waals surface area contributed by atoms with Crippen LogP contribution in [0.2, 0.25) is 5.02 Å². The van der Waals surface area contributed by atoms with E-state index >= 15 is 0 Å². The Morgan fingerprint density at radius 1 is 1.19 bits per heavy atom. The lowest BCUT2D eigenvalue weighted by Gasteiger charge is -2.05. The third-order valence-electron chi connectivity index (χ3n) is 3.89. The zero-order valence-corrected chi connectivity index (χ0v) is 15.5. The number of nitrogens with zero attached hydrogens (tertiary/aromatic N) is 3. The van der Waals surface area contributed by atoms with Gasteiger partial charge in [0.15, 0.2) is 0 Å². The third-order valence-corrected chi connectivity index (χ3v) is 5.00. The largest absolute Gasteiger partial charge is 0.486 e. The maximum atomic E-state index is 12.9. The van der Waals surface area contributed by atoms with Crippen LogP contribution in [-0.2, 0) is 13.2 Å². The van der Waals surface area contributed by atoms with Crippen LogP contribution in [0.25, 0.3) is 10.9 Å². The molecule has 5 nitrogen and oxygen atoms in total. The summed E-state index contributed by atoms with van der Waals surface area (Å²) in [6, 6.07) is 10.9. The molecule has 27 heavy (non-hydrogen) atoms. The monoisotopic (exact) mass is 401 g/mol. The number of benzene rings is 2. The molecule has 0 fully saturated rings. The fourth-order valence-electron chi connectivity index (χ4n) is 2.58. The molecule has 0 N–H and O–H groups in total. The molecule has 2 aromatic heterocycles. The Morgan fingerprint density at radius 2 is 2.00 bits per heavy atom. The molecule has 0 amide bonds. The molecule has 0 aliphatic heterocycles. The number of fused-ring (bicyclic) bond motifs is 1. The van der Waals surface area contributed by atoms with Crippen LogP contribution < -0.4 is 10.3 Å². The lowest BCUT2D eigenvalue weighted by molar-refractivity contribution is 0.305. The van der Waals surface area contributed by atoms with Gasteiger partial charge in [-0.3, -0.25) is 9.36 Å². The molecule has 0 saturated heterocycles. The summed E-state index contributed by atoms with van der Waals surface area (Å²) in [5, 5.41) is 3.60. The second-order valence-corrected chi connectivity index (χ2v) is 7.19. The lowest BCUT2D eigenvalue weighted by atomic mass is 10.2. The molecule has 4 rings (SSSR count). The summed E-state index contributed by atoms with van der Waals surface area (Å²) in [5.41, 5.74) is 1.18. The molecule has 0 atom stereocenters.